The Labute approximate surface area is 128 Å². The molecule has 0 aliphatic heterocycles. The molecule has 0 fully saturated rings. The fraction of sp³-hybridized carbons (Fsp3) is 0.111. The summed E-state index contributed by atoms with van der Waals surface area (Å²) in [4.78, 5) is 17.3. The molecule has 22 heavy (non-hydrogen) atoms. The number of benzene rings is 2. The van der Waals surface area contributed by atoms with Crippen LogP contribution in [0.3, 0.4) is 0 Å². The predicted octanol–water partition coefficient (Wildman–Crippen LogP) is 3.05. The highest BCUT2D eigenvalue weighted by molar-refractivity contribution is 5.58. The maximum Gasteiger partial charge on any atom is 0.281 e. The summed E-state index contributed by atoms with van der Waals surface area (Å²) in [5, 5.41) is 0. The molecule has 3 aromatic rings. The molecule has 0 saturated carbocycles. The van der Waals surface area contributed by atoms with Crippen molar-refractivity contribution >= 4 is 0 Å². The van der Waals surface area contributed by atoms with Gasteiger partial charge in [-0.2, -0.15) is 0 Å². The molecule has 0 aliphatic rings. The first kappa shape index (κ1) is 14.2. The Morgan fingerprint density at radius 1 is 1.00 bits per heavy atom. The number of nitrogens with zero attached hydrogens (tertiary/aromatic N) is 2. The first-order chi connectivity index (χ1) is 10.8. The standard InChI is InChI=1S/C18H16N2O2/c1-22-13-16-12-19-17(14-8-4-2-5-9-14)18(21)20(16)15-10-6-3-7-11-15/h2-12H,13H2,1H3. The monoisotopic (exact) mass is 292 g/mol. The van der Waals surface area contributed by atoms with Crippen molar-refractivity contribution < 1.29 is 4.74 Å². The minimum Gasteiger partial charge on any atom is -0.378 e. The fourth-order valence-corrected chi connectivity index (χ4v) is 2.39. The third-order valence-electron chi connectivity index (χ3n) is 3.39. The van der Waals surface area contributed by atoms with E-state index in [1.54, 1.807) is 17.9 Å². The highest BCUT2D eigenvalue weighted by Crippen LogP contribution is 2.15. The first-order valence-corrected chi connectivity index (χ1v) is 7.02. The van der Waals surface area contributed by atoms with Gasteiger partial charge in [0.25, 0.3) is 5.56 Å². The number of hydrogen-bond donors (Lipinski definition) is 0. The third kappa shape index (κ3) is 2.69. The molecule has 110 valence electrons. The molecule has 0 amide bonds. The zero-order chi connectivity index (χ0) is 15.4. The second kappa shape index (κ2) is 6.37. The average molecular weight is 292 g/mol. The molecule has 0 radical (unpaired) electrons. The number of aromatic nitrogens is 2. The van der Waals surface area contributed by atoms with Gasteiger partial charge < -0.3 is 4.74 Å². The lowest BCUT2D eigenvalue weighted by atomic mass is 10.1. The average Bonchev–Trinajstić information content (AvgIpc) is 2.57. The number of rotatable bonds is 4. The summed E-state index contributed by atoms with van der Waals surface area (Å²) in [6.45, 7) is 0.326. The molecule has 0 bridgehead atoms. The molecule has 0 atom stereocenters. The molecular weight excluding hydrogens is 276 g/mol. The summed E-state index contributed by atoms with van der Waals surface area (Å²) in [5.41, 5.74) is 2.62. The van der Waals surface area contributed by atoms with Gasteiger partial charge in [-0.15, -0.1) is 0 Å². The fourth-order valence-electron chi connectivity index (χ4n) is 2.39. The van der Waals surface area contributed by atoms with E-state index in [0.717, 1.165) is 16.9 Å². The van der Waals surface area contributed by atoms with Crippen molar-refractivity contribution in [1.82, 2.24) is 9.55 Å². The van der Waals surface area contributed by atoms with E-state index in [-0.39, 0.29) is 5.56 Å². The molecule has 0 aliphatic carbocycles. The Morgan fingerprint density at radius 3 is 2.27 bits per heavy atom. The number of hydrogen-bond acceptors (Lipinski definition) is 3. The Bertz CT molecular complexity index is 811. The number of para-hydroxylation sites is 1. The Morgan fingerprint density at radius 2 is 1.64 bits per heavy atom. The molecule has 1 aromatic heterocycles. The molecule has 4 heteroatoms. The predicted molar refractivity (Wildman–Crippen MR) is 86.0 cm³/mol. The van der Waals surface area contributed by atoms with E-state index in [1.807, 2.05) is 60.7 Å². The van der Waals surface area contributed by atoms with Gasteiger partial charge in [0.1, 0.15) is 5.69 Å². The van der Waals surface area contributed by atoms with Crippen molar-refractivity contribution in [1.29, 1.82) is 0 Å². The van der Waals surface area contributed by atoms with E-state index in [1.165, 1.54) is 0 Å². The molecular formula is C18H16N2O2. The maximum absolute atomic E-state index is 12.9. The van der Waals surface area contributed by atoms with Crippen molar-refractivity contribution in [3.05, 3.63) is 82.9 Å². The first-order valence-electron chi connectivity index (χ1n) is 7.02. The van der Waals surface area contributed by atoms with Gasteiger partial charge in [0.15, 0.2) is 0 Å². The van der Waals surface area contributed by atoms with E-state index in [4.69, 9.17) is 4.74 Å². The lowest BCUT2D eigenvalue weighted by Gasteiger charge is -2.13. The van der Waals surface area contributed by atoms with E-state index in [0.29, 0.717) is 12.3 Å². The topological polar surface area (TPSA) is 44.1 Å². The van der Waals surface area contributed by atoms with Crippen molar-refractivity contribution in [3.8, 4) is 16.9 Å². The molecule has 4 nitrogen and oxygen atoms in total. The third-order valence-corrected chi connectivity index (χ3v) is 3.39. The van der Waals surface area contributed by atoms with Gasteiger partial charge in [0, 0.05) is 18.4 Å². The Hall–Kier alpha value is -2.72. The highest BCUT2D eigenvalue weighted by Gasteiger charge is 2.13. The van der Waals surface area contributed by atoms with Crippen LogP contribution in [0.2, 0.25) is 0 Å². The van der Waals surface area contributed by atoms with Crippen LogP contribution in [0.15, 0.2) is 71.7 Å². The van der Waals surface area contributed by atoms with Crippen LogP contribution in [-0.2, 0) is 11.3 Å². The quantitative estimate of drug-likeness (QED) is 0.742. The Kier molecular flexibility index (Phi) is 4.12. The van der Waals surface area contributed by atoms with Gasteiger partial charge >= 0.3 is 0 Å². The van der Waals surface area contributed by atoms with E-state index in [9.17, 15) is 4.79 Å². The van der Waals surface area contributed by atoms with Crippen LogP contribution in [-0.4, -0.2) is 16.7 Å². The van der Waals surface area contributed by atoms with Crippen LogP contribution in [0.25, 0.3) is 16.9 Å². The molecule has 1 heterocycles. The van der Waals surface area contributed by atoms with E-state index >= 15 is 0 Å². The zero-order valence-electron chi connectivity index (χ0n) is 12.3. The van der Waals surface area contributed by atoms with E-state index in [2.05, 4.69) is 4.98 Å². The smallest absolute Gasteiger partial charge is 0.281 e. The second-order valence-corrected chi connectivity index (χ2v) is 4.87. The molecule has 0 unspecified atom stereocenters. The van der Waals surface area contributed by atoms with Crippen LogP contribution in [0.4, 0.5) is 0 Å². The number of methoxy groups -OCH3 is 1. The molecule has 2 aromatic carbocycles. The SMILES string of the molecule is COCc1cnc(-c2ccccc2)c(=O)n1-c1ccccc1. The minimum absolute atomic E-state index is 0.146. The largest absolute Gasteiger partial charge is 0.378 e. The van der Waals surface area contributed by atoms with Crippen LogP contribution in [0.1, 0.15) is 5.69 Å². The summed E-state index contributed by atoms with van der Waals surface area (Å²) in [6, 6.07) is 19.0. The lowest BCUT2D eigenvalue weighted by Crippen LogP contribution is -2.25. The van der Waals surface area contributed by atoms with Gasteiger partial charge in [-0.1, -0.05) is 48.5 Å². The summed E-state index contributed by atoms with van der Waals surface area (Å²) in [6.07, 6.45) is 1.69. The molecule has 0 spiro atoms. The van der Waals surface area contributed by atoms with Gasteiger partial charge in [0.05, 0.1) is 18.5 Å². The van der Waals surface area contributed by atoms with Crippen molar-refractivity contribution in [2.24, 2.45) is 0 Å². The normalized spacial score (nSPS) is 10.6. The molecule has 0 N–H and O–H groups in total. The lowest BCUT2D eigenvalue weighted by molar-refractivity contribution is 0.179. The molecule has 3 rings (SSSR count). The van der Waals surface area contributed by atoms with Crippen molar-refractivity contribution in [3.63, 3.8) is 0 Å². The minimum atomic E-state index is -0.146. The Balaban J connectivity index is 2.23. The zero-order valence-corrected chi connectivity index (χ0v) is 12.3. The summed E-state index contributed by atoms with van der Waals surface area (Å²) < 4.78 is 6.84. The summed E-state index contributed by atoms with van der Waals surface area (Å²) >= 11 is 0. The van der Waals surface area contributed by atoms with Gasteiger partial charge in [-0.3, -0.25) is 9.36 Å². The molecule has 0 saturated heterocycles. The van der Waals surface area contributed by atoms with Crippen molar-refractivity contribution in [2.75, 3.05) is 7.11 Å². The van der Waals surface area contributed by atoms with Crippen LogP contribution in [0.5, 0.6) is 0 Å². The highest BCUT2D eigenvalue weighted by atomic mass is 16.5. The summed E-state index contributed by atoms with van der Waals surface area (Å²) in [5.74, 6) is 0. The van der Waals surface area contributed by atoms with Crippen LogP contribution >= 0.6 is 0 Å². The van der Waals surface area contributed by atoms with Crippen LogP contribution < -0.4 is 5.56 Å². The van der Waals surface area contributed by atoms with Crippen molar-refractivity contribution in [2.45, 2.75) is 6.61 Å². The summed E-state index contributed by atoms with van der Waals surface area (Å²) in [7, 11) is 1.60. The van der Waals surface area contributed by atoms with Gasteiger partial charge in [-0.25, -0.2) is 4.98 Å². The number of ether oxygens (including phenoxy) is 1. The van der Waals surface area contributed by atoms with Gasteiger partial charge in [-0.05, 0) is 12.1 Å². The van der Waals surface area contributed by atoms with Gasteiger partial charge in [0.2, 0.25) is 0 Å². The van der Waals surface area contributed by atoms with E-state index < -0.39 is 0 Å². The maximum atomic E-state index is 12.9. The second-order valence-electron chi connectivity index (χ2n) is 4.87. The van der Waals surface area contributed by atoms with Crippen LogP contribution in [0, 0.1) is 0 Å².